The Kier molecular flexibility index (Phi) is 5.86. The molecule has 1 aromatic carbocycles. The van der Waals surface area contributed by atoms with Crippen molar-refractivity contribution in [3.05, 3.63) is 52.0 Å². The first-order chi connectivity index (χ1) is 16.3. The molecule has 0 saturated carbocycles. The highest BCUT2D eigenvalue weighted by Gasteiger charge is 2.60. The van der Waals surface area contributed by atoms with E-state index >= 15 is 0 Å². The molecule has 3 N–H and O–H groups in total. The SMILES string of the molecule is C[C@@H](O)[C@H]1C(=O)N2C(C(=O)O)=C(SC3CN(c4nc(C(=O)Nc5ccccc5)cs4)C3)[C@H](C)[C@H]12. The monoisotopic (exact) mass is 500 g/mol. The van der Waals surface area contributed by atoms with Gasteiger partial charge in [-0.1, -0.05) is 25.1 Å². The summed E-state index contributed by atoms with van der Waals surface area (Å²) in [5, 5.41) is 25.2. The van der Waals surface area contributed by atoms with E-state index in [-0.39, 0.29) is 34.7 Å². The van der Waals surface area contributed by atoms with E-state index in [1.165, 1.54) is 28.0 Å². The molecule has 2 saturated heterocycles. The molecule has 2 fully saturated rings. The van der Waals surface area contributed by atoms with Crippen molar-refractivity contribution in [2.75, 3.05) is 23.3 Å². The van der Waals surface area contributed by atoms with Crippen LogP contribution in [0.4, 0.5) is 10.8 Å². The maximum absolute atomic E-state index is 12.5. The summed E-state index contributed by atoms with van der Waals surface area (Å²) in [5.74, 6) is -2.40. The summed E-state index contributed by atoms with van der Waals surface area (Å²) < 4.78 is 0. The van der Waals surface area contributed by atoms with Crippen molar-refractivity contribution >= 4 is 51.7 Å². The van der Waals surface area contributed by atoms with Gasteiger partial charge in [-0.05, 0) is 19.1 Å². The number of carbonyl (C=O) groups excluding carboxylic acids is 2. The summed E-state index contributed by atoms with van der Waals surface area (Å²) in [7, 11) is 0. The standard InChI is InChI=1S/C23H24N4O5S2/c1-11-17-16(12(2)28)21(30)27(17)18(22(31)32)19(11)34-14-8-26(9-14)23-25-15(10-33-23)20(29)24-13-6-4-3-5-7-13/h3-7,10-12,14,16-17,28H,8-9H2,1-2H3,(H,24,29)(H,31,32)/t11-,12-,16-,17-/m1/s1. The molecule has 0 aliphatic carbocycles. The highest BCUT2D eigenvalue weighted by atomic mass is 32.2. The first-order valence-electron chi connectivity index (χ1n) is 11.0. The zero-order valence-electron chi connectivity index (χ0n) is 18.5. The van der Waals surface area contributed by atoms with E-state index in [0.717, 1.165) is 5.13 Å². The molecule has 0 bridgehead atoms. The molecule has 4 atom stereocenters. The van der Waals surface area contributed by atoms with Crippen LogP contribution in [0.25, 0.3) is 0 Å². The lowest BCUT2D eigenvalue weighted by Crippen LogP contribution is -2.63. The van der Waals surface area contributed by atoms with E-state index in [0.29, 0.717) is 29.4 Å². The number of benzene rings is 1. The first-order valence-corrected chi connectivity index (χ1v) is 12.7. The number of aliphatic hydroxyl groups is 1. The number of carbonyl (C=O) groups is 3. The number of nitrogens with zero attached hydrogens (tertiary/aromatic N) is 3. The summed E-state index contributed by atoms with van der Waals surface area (Å²) in [4.78, 5) is 45.5. The summed E-state index contributed by atoms with van der Waals surface area (Å²) in [6, 6.07) is 8.89. The van der Waals surface area contributed by atoms with Gasteiger partial charge in [0, 0.05) is 40.2 Å². The van der Waals surface area contributed by atoms with Crippen molar-refractivity contribution in [3.8, 4) is 0 Å². The number of thioether (sulfide) groups is 1. The van der Waals surface area contributed by atoms with Crippen molar-refractivity contribution in [3.63, 3.8) is 0 Å². The first kappa shape index (κ1) is 22.9. The Hall–Kier alpha value is -2.89. The van der Waals surface area contributed by atoms with Crippen molar-refractivity contribution in [2.45, 2.75) is 31.2 Å². The maximum atomic E-state index is 12.5. The van der Waals surface area contributed by atoms with Gasteiger partial charge in [-0.15, -0.1) is 23.1 Å². The third-order valence-electron chi connectivity index (χ3n) is 6.48. The molecule has 0 radical (unpaired) electrons. The molecule has 5 rings (SSSR count). The Morgan fingerprint density at radius 1 is 1.26 bits per heavy atom. The number of carboxylic acids is 1. The van der Waals surface area contributed by atoms with Crippen LogP contribution in [-0.4, -0.2) is 68.4 Å². The van der Waals surface area contributed by atoms with E-state index in [1.807, 2.05) is 37.3 Å². The van der Waals surface area contributed by atoms with Gasteiger partial charge in [-0.2, -0.15) is 0 Å². The molecule has 0 unspecified atom stereocenters. The Labute approximate surface area is 204 Å². The second-order valence-electron chi connectivity index (χ2n) is 8.75. The van der Waals surface area contributed by atoms with Crippen LogP contribution in [0.3, 0.4) is 0 Å². The molecule has 1 aromatic heterocycles. The van der Waals surface area contributed by atoms with Crippen LogP contribution in [0.1, 0.15) is 24.3 Å². The Bertz CT molecular complexity index is 1180. The van der Waals surface area contributed by atoms with E-state index in [4.69, 9.17) is 0 Å². The number of carboxylic acid groups (broad SMARTS) is 1. The summed E-state index contributed by atoms with van der Waals surface area (Å²) in [6.07, 6.45) is -0.812. The summed E-state index contributed by atoms with van der Waals surface area (Å²) in [6.45, 7) is 4.83. The number of thiazole rings is 1. The molecule has 2 aromatic rings. The number of aliphatic carboxylic acids is 1. The van der Waals surface area contributed by atoms with Crippen LogP contribution in [0.15, 0.2) is 46.3 Å². The number of para-hydroxylation sites is 1. The number of fused-ring (bicyclic) bond motifs is 1. The van der Waals surface area contributed by atoms with E-state index in [9.17, 15) is 24.6 Å². The third-order valence-corrected chi connectivity index (χ3v) is 8.83. The molecule has 34 heavy (non-hydrogen) atoms. The lowest BCUT2D eigenvalue weighted by Gasteiger charge is -2.46. The predicted octanol–water partition coefficient (Wildman–Crippen LogP) is 2.47. The van der Waals surface area contributed by atoms with Crippen molar-refractivity contribution in [2.24, 2.45) is 11.8 Å². The van der Waals surface area contributed by atoms with Gasteiger partial charge in [0.2, 0.25) is 5.91 Å². The Morgan fingerprint density at radius 2 is 1.97 bits per heavy atom. The number of hydrogen-bond acceptors (Lipinski definition) is 8. The number of amides is 2. The predicted molar refractivity (Wildman–Crippen MR) is 130 cm³/mol. The molecular weight excluding hydrogens is 476 g/mol. The molecule has 178 valence electrons. The van der Waals surface area contributed by atoms with Crippen LogP contribution in [0, 0.1) is 11.8 Å². The number of rotatable bonds is 7. The van der Waals surface area contributed by atoms with E-state index < -0.39 is 18.0 Å². The lowest BCUT2D eigenvalue weighted by atomic mass is 9.79. The summed E-state index contributed by atoms with van der Waals surface area (Å²) in [5.41, 5.74) is 1.11. The fourth-order valence-corrected chi connectivity index (χ4v) is 7.10. The van der Waals surface area contributed by atoms with Gasteiger partial charge in [0.1, 0.15) is 11.4 Å². The molecule has 3 aliphatic heterocycles. The molecule has 2 amide bonds. The zero-order valence-corrected chi connectivity index (χ0v) is 20.2. The quantitative estimate of drug-likeness (QED) is 0.496. The van der Waals surface area contributed by atoms with Gasteiger partial charge in [0.05, 0.1) is 18.1 Å². The molecule has 9 nitrogen and oxygen atoms in total. The number of aliphatic hydroxyl groups excluding tert-OH is 1. The van der Waals surface area contributed by atoms with Gasteiger partial charge >= 0.3 is 5.97 Å². The zero-order chi connectivity index (χ0) is 24.1. The van der Waals surface area contributed by atoms with Crippen molar-refractivity contribution < 1.29 is 24.6 Å². The van der Waals surface area contributed by atoms with Gasteiger partial charge in [0.25, 0.3) is 5.91 Å². The molecule has 0 spiro atoms. The number of hydrogen-bond donors (Lipinski definition) is 3. The van der Waals surface area contributed by atoms with Gasteiger partial charge < -0.3 is 25.3 Å². The smallest absolute Gasteiger partial charge is 0.353 e. The van der Waals surface area contributed by atoms with Crippen LogP contribution < -0.4 is 10.2 Å². The van der Waals surface area contributed by atoms with Gasteiger partial charge in [0.15, 0.2) is 5.13 Å². The summed E-state index contributed by atoms with van der Waals surface area (Å²) >= 11 is 2.89. The van der Waals surface area contributed by atoms with Crippen molar-refractivity contribution in [1.29, 1.82) is 0 Å². The average Bonchev–Trinajstić information content (AvgIpc) is 3.33. The molecular formula is C23H24N4O5S2. The molecule has 4 heterocycles. The minimum absolute atomic E-state index is 0.0527. The fourth-order valence-electron chi connectivity index (χ4n) is 4.76. The van der Waals surface area contributed by atoms with Crippen LogP contribution in [0.2, 0.25) is 0 Å². The van der Waals surface area contributed by atoms with Crippen LogP contribution >= 0.6 is 23.1 Å². The average molecular weight is 501 g/mol. The normalized spacial score (nSPS) is 25.0. The van der Waals surface area contributed by atoms with E-state index in [1.54, 1.807) is 12.3 Å². The highest BCUT2D eigenvalue weighted by Crippen LogP contribution is 2.52. The number of aromatic nitrogens is 1. The minimum Gasteiger partial charge on any atom is -0.477 e. The largest absolute Gasteiger partial charge is 0.477 e. The molecule has 11 heteroatoms. The number of β-lactam (4-membered cyclic amide) rings is 1. The van der Waals surface area contributed by atoms with Crippen LogP contribution in [0.5, 0.6) is 0 Å². The second kappa shape index (κ2) is 8.71. The maximum Gasteiger partial charge on any atom is 0.353 e. The van der Waals surface area contributed by atoms with Gasteiger partial charge in [-0.3, -0.25) is 9.59 Å². The Morgan fingerprint density at radius 3 is 2.62 bits per heavy atom. The van der Waals surface area contributed by atoms with Gasteiger partial charge in [-0.25, -0.2) is 9.78 Å². The van der Waals surface area contributed by atoms with Crippen molar-refractivity contribution in [1.82, 2.24) is 9.88 Å². The minimum atomic E-state index is -1.11. The third kappa shape index (κ3) is 3.77. The number of anilines is 2. The highest BCUT2D eigenvalue weighted by molar-refractivity contribution is 8.03. The van der Waals surface area contributed by atoms with E-state index in [2.05, 4.69) is 15.2 Å². The fraction of sp³-hybridized carbons (Fsp3) is 0.391. The molecule has 3 aliphatic rings. The topological polar surface area (TPSA) is 123 Å². The second-order valence-corrected chi connectivity index (χ2v) is 10.9. The lowest BCUT2D eigenvalue weighted by molar-refractivity contribution is -0.163. The Balaban J connectivity index is 1.22. The number of nitrogens with one attached hydrogen (secondary N) is 1. The van der Waals surface area contributed by atoms with Crippen LogP contribution in [-0.2, 0) is 9.59 Å².